The molecule has 28 heavy (non-hydrogen) atoms. The molecule has 1 aliphatic heterocycles. The van der Waals surface area contributed by atoms with Gasteiger partial charge in [0.25, 0.3) is 0 Å². The van der Waals surface area contributed by atoms with Crippen molar-refractivity contribution in [2.24, 2.45) is 10.9 Å². The first kappa shape index (κ1) is 24.9. The van der Waals surface area contributed by atoms with Crippen LogP contribution >= 0.6 is 35.6 Å². The Morgan fingerprint density at radius 1 is 1.36 bits per heavy atom. The van der Waals surface area contributed by atoms with E-state index >= 15 is 0 Å². The molecule has 0 spiro atoms. The first-order chi connectivity index (χ1) is 12.9. The van der Waals surface area contributed by atoms with Gasteiger partial charge in [-0.05, 0) is 38.3 Å². The van der Waals surface area contributed by atoms with Crippen LogP contribution in [0.25, 0.3) is 0 Å². The fraction of sp³-hybridized carbons (Fsp3) is 0.600. The number of aliphatic imine (C=N–C) groups is 1. The zero-order valence-electron chi connectivity index (χ0n) is 16.8. The lowest BCUT2D eigenvalue weighted by atomic mass is 10.0. The summed E-state index contributed by atoms with van der Waals surface area (Å²) in [4.78, 5) is 18.6. The molecule has 1 aromatic rings. The summed E-state index contributed by atoms with van der Waals surface area (Å²) in [5.74, 6) is 0.686. The van der Waals surface area contributed by atoms with Crippen LogP contribution in [0, 0.1) is 11.7 Å². The van der Waals surface area contributed by atoms with Gasteiger partial charge in [-0.1, -0.05) is 31.5 Å². The summed E-state index contributed by atoms with van der Waals surface area (Å²) in [5.41, 5.74) is 0.499. The number of guanidine groups is 1. The highest BCUT2D eigenvalue weighted by atomic mass is 127. The van der Waals surface area contributed by atoms with E-state index < -0.39 is 0 Å². The standard InChI is InChI=1S/C20H30ClFN4O.HI/c1-4-23-20(24-11-8-16-17(21)6-5-7-18(16)22)25-15-9-12-26(13-10-15)19(27)14(2)3;/h5-7,14-15H,4,8-13H2,1-3H3,(H2,23,24,25);1H. The fourth-order valence-electron chi connectivity index (χ4n) is 3.17. The Labute approximate surface area is 189 Å². The van der Waals surface area contributed by atoms with Crippen LogP contribution < -0.4 is 10.6 Å². The van der Waals surface area contributed by atoms with E-state index in [0.29, 0.717) is 23.6 Å². The molecule has 0 unspecified atom stereocenters. The SMILES string of the molecule is CCNC(=NCCc1c(F)cccc1Cl)NC1CCN(C(=O)C(C)C)CC1.I. The molecule has 0 saturated carbocycles. The van der Waals surface area contributed by atoms with Crippen LogP contribution in [0.4, 0.5) is 4.39 Å². The van der Waals surface area contributed by atoms with Gasteiger partial charge in [-0.3, -0.25) is 9.79 Å². The van der Waals surface area contributed by atoms with E-state index in [-0.39, 0.29) is 47.7 Å². The predicted octanol–water partition coefficient (Wildman–Crippen LogP) is 3.84. The van der Waals surface area contributed by atoms with Crippen molar-refractivity contribution in [3.05, 3.63) is 34.6 Å². The molecule has 1 amide bonds. The van der Waals surface area contributed by atoms with Gasteiger partial charge < -0.3 is 15.5 Å². The molecule has 1 aromatic carbocycles. The summed E-state index contributed by atoms with van der Waals surface area (Å²) in [5, 5.41) is 7.10. The average molecular weight is 525 g/mol. The number of hydrogen-bond donors (Lipinski definition) is 2. The number of benzene rings is 1. The first-order valence-corrected chi connectivity index (χ1v) is 10.1. The second-order valence-electron chi connectivity index (χ2n) is 7.11. The number of hydrogen-bond acceptors (Lipinski definition) is 2. The number of nitrogens with zero attached hydrogens (tertiary/aromatic N) is 2. The Bertz CT molecular complexity index is 643. The molecule has 5 nitrogen and oxygen atoms in total. The molecule has 0 aromatic heterocycles. The molecule has 1 saturated heterocycles. The van der Waals surface area contributed by atoms with Crippen LogP contribution in [0.2, 0.25) is 5.02 Å². The highest BCUT2D eigenvalue weighted by Gasteiger charge is 2.24. The molecular weight excluding hydrogens is 494 g/mol. The third-order valence-corrected chi connectivity index (χ3v) is 5.03. The lowest BCUT2D eigenvalue weighted by Gasteiger charge is -2.34. The molecule has 8 heteroatoms. The Morgan fingerprint density at radius 3 is 2.61 bits per heavy atom. The van der Waals surface area contributed by atoms with Gasteiger partial charge in [0.1, 0.15) is 5.82 Å². The highest BCUT2D eigenvalue weighted by Crippen LogP contribution is 2.19. The molecule has 0 aliphatic carbocycles. The summed E-state index contributed by atoms with van der Waals surface area (Å²) >= 11 is 6.07. The maximum atomic E-state index is 13.9. The average Bonchev–Trinajstić information content (AvgIpc) is 2.64. The number of piperidine rings is 1. The van der Waals surface area contributed by atoms with Crippen molar-refractivity contribution in [1.82, 2.24) is 15.5 Å². The topological polar surface area (TPSA) is 56.7 Å². The molecule has 2 rings (SSSR count). The number of carbonyl (C=O) groups is 1. The molecule has 158 valence electrons. The lowest BCUT2D eigenvalue weighted by molar-refractivity contribution is -0.135. The van der Waals surface area contributed by atoms with Gasteiger partial charge in [-0.2, -0.15) is 0 Å². The Hall–Kier alpha value is -1.09. The minimum absolute atomic E-state index is 0. The number of halogens is 3. The summed E-state index contributed by atoms with van der Waals surface area (Å²) in [6.45, 7) is 8.60. The number of carbonyl (C=O) groups excluding carboxylic acids is 1. The second-order valence-corrected chi connectivity index (χ2v) is 7.52. The Balaban J connectivity index is 0.00000392. The normalized spacial score (nSPS) is 15.4. The molecule has 2 N–H and O–H groups in total. The van der Waals surface area contributed by atoms with Crippen LogP contribution in [0.5, 0.6) is 0 Å². The summed E-state index contributed by atoms with van der Waals surface area (Å²) in [7, 11) is 0. The zero-order chi connectivity index (χ0) is 19.8. The largest absolute Gasteiger partial charge is 0.357 e. The van der Waals surface area contributed by atoms with E-state index in [1.54, 1.807) is 12.1 Å². The van der Waals surface area contributed by atoms with E-state index in [1.165, 1.54) is 6.07 Å². The van der Waals surface area contributed by atoms with Crippen LogP contribution in [-0.2, 0) is 11.2 Å². The number of nitrogens with one attached hydrogen (secondary N) is 2. The summed E-state index contributed by atoms with van der Waals surface area (Å²) in [6, 6.07) is 4.99. The van der Waals surface area contributed by atoms with Gasteiger partial charge in [0.15, 0.2) is 5.96 Å². The monoisotopic (exact) mass is 524 g/mol. The zero-order valence-corrected chi connectivity index (χ0v) is 19.9. The van der Waals surface area contributed by atoms with Crippen molar-refractivity contribution in [3.63, 3.8) is 0 Å². The summed E-state index contributed by atoms with van der Waals surface area (Å²) in [6.07, 6.45) is 2.23. The third kappa shape index (κ3) is 7.39. The van der Waals surface area contributed by atoms with Crippen LogP contribution in [0.1, 0.15) is 39.2 Å². The third-order valence-electron chi connectivity index (χ3n) is 4.68. The molecular formula is C20H31ClFIN4O. The van der Waals surface area contributed by atoms with Crippen LogP contribution in [-0.4, -0.2) is 49.0 Å². The van der Waals surface area contributed by atoms with Crippen LogP contribution in [0.15, 0.2) is 23.2 Å². The van der Waals surface area contributed by atoms with Crippen molar-refractivity contribution in [2.45, 2.75) is 46.1 Å². The minimum atomic E-state index is -0.294. The van der Waals surface area contributed by atoms with E-state index in [2.05, 4.69) is 15.6 Å². The Kier molecular flexibility index (Phi) is 11.1. The predicted molar refractivity (Wildman–Crippen MR) is 124 cm³/mol. The van der Waals surface area contributed by atoms with Crippen molar-refractivity contribution in [1.29, 1.82) is 0 Å². The van der Waals surface area contributed by atoms with Gasteiger partial charge >= 0.3 is 0 Å². The van der Waals surface area contributed by atoms with E-state index in [1.807, 2.05) is 25.7 Å². The van der Waals surface area contributed by atoms with Gasteiger partial charge in [0, 0.05) is 48.7 Å². The molecule has 1 fully saturated rings. The highest BCUT2D eigenvalue weighted by molar-refractivity contribution is 14.0. The summed E-state index contributed by atoms with van der Waals surface area (Å²) < 4.78 is 13.9. The second kappa shape index (κ2) is 12.5. The first-order valence-electron chi connectivity index (χ1n) is 9.68. The minimum Gasteiger partial charge on any atom is -0.357 e. The van der Waals surface area contributed by atoms with E-state index in [4.69, 9.17) is 11.6 Å². The van der Waals surface area contributed by atoms with Crippen molar-refractivity contribution < 1.29 is 9.18 Å². The van der Waals surface area contributed by atoms with E-state index in [0.717, 1.165) is 38.4 Å². The Morgan fingerprint density at radius 2 is 2.04 bits per heavy atom. The van der Waals surface area contributed by atoms with Gasteiger partial charge in [-0.15, -0.1) is 24.0 Å². The lowest BCUT2D eigenvalue weighted by Crippen LogP contribution is -2.50. The molecule has 0 atom stereocenters. The van der Waals surface area contributed by atoms with Crippen molar-refractivity contribution >= 4 is 47.4 Å². The number of likely N-dealkylation sites (tertiary alicyclic amines) is 1. The maximum absolute atomic E-state index is 13.9. The van der Waals surface area contributed by atoms with E-state index in [9.17, 15) is 9.18 Å². The molecule has 1 aliphatic rings. The van der Waals surface area contributed by atoms with Crippen LogP contribution in [0.3, 0.4) is 0 Å². The quantitative estimate of drug-likeness (QED) is 0.338. The molecule has 0 radical (unpaired) electrons. The molecule has 1 heterocycles. The van der Waals surface area contributed by atoms with Gasteiger partial charge in [0.2, 0.25) is 5.91 Å². The number of amides is 1. The van der Waals surface area contributed by atoms with Gasteiger partial charge in [0.05, 0.1) is 0 Å². The van der Waals surface area contributed by atoms with Crippen molar-refractivity contribution in [3.8, 4) is 0 Å². The number of rotatable bonds is 6. The van der Waals surface area contributed by atoms with Crippen molar-refractivity contribution in [2.75, 3.05) is 26.2 Å². The van der Waals surface area contributed by atoms with Gasteiger partial charge in [-0.25, -0.2) is 4.39 Å². The molecule has 0 bridgehead atoms. The maximum Gasteiger partial charge on any atom is 0.225 e. The smallest absolute Gasteiger partial charge is 0.225 e. The fourth-order valence-corrected chi connectivity index (χ4v) is 3.43.